The first-order chi connectivity index (χ1) is 15.1. The minimum Gasteiger partial charge on any atom is -0.490 e. The second kappa shape index (κ2) is 8.44. The van der Waals surface area contributed by atoms with Crippen LogP contribution in [0.15, 0.2) is 59.5 Å². The van der Waals surface area contributed by atoms with E-state index in [1.165, 1.54) is 11.1 Å². The Kier molecular flexibility index (Phi) is 5.50. The van der Waals surface area contributed by atoms with Gasteiger partial charge in [0.05, 0.1) is 6.10 Å². The van der Waals surface area contributed by atoms with Gasteiger partial charge in [-0.2, -0.15) is 0 Å². The summed E-state index contributed by atoms with van der Waals surface area (Å²) in [6.07, 6.45) is 2.64. The summed E-state index contributed by atoms with van der Waals surface area (Å²) in [5.41, 5.74) is 5.60. The molecule has 5 nitrogen and oxygen atoms in total. The maximum atomic E-state index is 12.9. The van der Waals surface area contributed by atoms with E-state index in [0.717, 1.165) is 47.8 Å². The van der Waals surface area contributed by atoms with Gasteiger partial charge in [0.15, 0.2) is 0 Å². The molecule has 0 bridgehead atoms. The molecular formula is C25H27N3O2S. The van der Waals surface area contributed by atoms with Gasteiger partial charge in [0.25, 0.3) is 5.91 Å². The summed E-state index contributed by atoms with van der Waals surface area (Å²) in [4.78, 5) is 14.0. The molecule has 1 amide bonds. The summed E-state index contributed by atoms with van der Waals surface area (Å²) in [6.45, 7) is 4.40. The number of hydrogen-bond donors (Lipinski definition) is 1. The molecule has 3 aromatic rings. The zero-order chi connectivity index (χ0) is 21.4. The van der Waals surface area contributed by atoms with Gasteiger partial charge in [-0.1, -0.05) is 36.4 Å². The number of fused-ring (bicyclic) bond motifs is 1. The number of carbonyl (C=O) groups is 1. The second-order valence-electron chi connectivity index (χ2n) is 8.34. The van der Waals surface area contributed by atoms with Crippen molar-refractivity contribution in [1.29, 1.82) is 0 Å². The van der Waals surface area contributed by atoms with Crippen molar-refractivity contribution in [1.82, 2.24) is 14.2 Å². The number of nitrogens with one attached hydrogen (secondary N) is 1. The van der Waals surface area contributed by atoms with E-state index in [0.29, 0.717) is 18.3 Å². The lowest BCUT2D eigenvalue weighted by Gasteiger charge is -2.13. The van der Waals surface area contributed by atoms with Crippen molar-refractivity contribution in [2.75, 3.05) is 0 Å². The van der Waals surface area contributed by atoms with Crippen LogP contribution in [0.5, 0.6) is 5.75 Å². The molecule has 1 fully saturated rings. The van der Waals surface area contributed by atoms with E-state index in [9.17, 15) is 4.79 Å². The fourth-order valence-electron chi connectivity index (χ4n) is 3.87. The first-order valence-corrected chi connectivity index (χ1v) is 11.5. The molecule has 0 spiro atoms. The summed E-state index contributed by atoms with van der Waals surface area (Å²) in [6, 6.07) is 18.6. The zero-order valence-electron chi connectivity index (χ0n) is 17.9. The van der Waals surface area contributed by atoms with Crippen LogP contribution < -0.4 is 10.1 Å². The smallest absolute Gasteiger partial charge is 0.268 e. The van der Waals surface area contributed by atoms with Crippen LogP contribution in [0.25, 0.3) is 0 Å². The van der Waals surface area contributed by atoms with Crippen molar-refractivity contribution in [2.24, 2.45) is 7.05 Å². The number of carbonyl (C=O) groups excluding carboxylic acids is 1. The largest absolute Gasteiger partial charge is 0.490 e. The summed E-state index contributed by atoms with van der Waals surface area (Å²) in [5, 5.41) is 3.06. The molecule has 0 atom stereocenters. The molecule has 2 heterocycles. The highest BCUT2D eigenvalue weighted by Crippen LogP contribution is 2.35. The van der Waals surface area contributed by atoms with Crippen LogP contribution in [0.4, 0.5) is 0 Å². The van der Waals surface area contributed by atoms with E-state index in [4.69, 9.17) is 4.74 Å². The van der Waals surface area contributed by atoms with E-state index in [2.05, 4.69) is 40.8 Å². The Morgan fingerprint density at radius 1 is 1.10 bits per heavy atom. The van der Waals surface area contributed by atoms with Crippen LogP contribution >= 0.6 is 11.9 Å². The monoisotopic (exact) mass is 433 g/mol. The van der Waals surface area contributed by atoms with Crippen molar-refractivity contribution in [2.45, 2.75) is 50.4 Å². The van der Waals surface area contributed by atoms with Crippen molar-refractivity contribution < 1.29 is 9.53 Å². The standard InChI is InChI=1S/C25H27N3O2S/c1-17-24(31-28-15-19-7-3-4-8-20(19)16-28)13-23(27(17)2)25(29)26-14-18-6-5-9-22(12-18)30-21-10-11-21/h3-9,12-13,21H,10-11,14-16H2,1-2H3,(H,26,29). The maximum absolute atomic E-state index is 12.9. The topological polar surface area (TPSA) is 46.5 Å². The number of aromatic nitrogens is 1. The van der Waals surface area contributed by atoms with Crippen molar-refractivity contribution in [3.8, 4) is 5.75 Å². The third-order valence-corrected chi connectivity index (χ3v) is 7.07. The summed E-state index contributed by atoms with van der Waals surface area (Å²) in [5.74, 6) is 0.824. The Morgan fingerprint density at radius 2 is 1.84 bits per heavy atom. The van der Waals surface area contributed by atoms with Gasteiger partial charge in [-0.15, -0.1) is 0 Å². The SMILES string of the molecule is Cc1c(SN2Cc3ccccc3C2)cc(C(=O)NCc2cccc(OC3CC3)c2)n1C. The Labute approximate surface area is 187 Å². The molecule has 0 saturated heterocycles. The van der Waals surface area contributed by atoms with Gasteiger partial charge in [-0.3, -0.25) is 4.79 Å². The molecule has 160 valence electrons. The molecule has 2 aliphatic rings. The predicted octanol–water partition coefficient (Wildman–Crippen LogP) is 4.83. The van der Waals surface area contributed by atoms with Gasteiger partial charge in [-0.05, 0) is 66.6 Å². The summed E-state index contributed by atoms with van der Waals surface area (Å²) in [7, 11) is 1.96. The second-order valence-corrected chi connectivity index (χ2v) is 9.48. The first kappa shape index (κ1) is 20.2. The van der Waals surface area contributed by atoms with Gasteiger partial charge >= 0.3 is 0 Å². The van der Waals surface area contributed by atoms with Crippen molar-refractivity contribution >= 4 is 17.9 Å². The minimum absolute atomic E-state index is 0.0596. The molecule has 5 rings (SSSR count). The van der Waals surface area contributed by atoms with E-state index >= 15 is 0 Å². The average molecular weight is 434 g/mol. The van der Waals surface area contributed by atoms with Crippen LogP contribution in [0, 0.1) is 6.92 Å². The summed E-state index contributed by atoms with van der Waals surface area (Å²) >= 11 is 1.73. The summed E-state index contributed by atoms with van der Waals surface area (Å²) < 4.78 is 10.2. The minimum atomic E-state index is -0.0596. The van der Waals surface area contributed by atoms with Crippen LogP contribution in [0.1, 0.15) is 45.7 Å². The van der Waals surface area contributed by atoms with E-state index in [1.807, 2.05) is 41.9 Å². The van der Waals surface area contributed by atoms with Gasteiger partial charge in [-0.25, -0.2) is 4.31 Å². The fourth-order valence-corrected chi connectivity index (χ4v) is 4.99. The normalized spacial score (nSPS) is 15.7. The van der Waals surface area contributed by atoms with Gasteiger partial charge in [0.2, 0.25) is 0 Å². The van der Waals surface area contributed by atoms with E-state index < -0.39 is 0 Å². The Morgan fingerprint density at radius 3 is 2.55 bits per heavy atom. The molecule has 1 saturated carbocycles. The van der Waals surface area contributed by atoms with Crippen LogP contribution in [-0.4, -0.2) is 20.9 Å². The lowest BCUT2D eigenvalue weighted by molar-refractivity contribution is 0.0942. The predicted molar refractivity (Wildman–Crippen MR) is 123 cm³/mol. The highest BCUT2D eigenvalue weighted by molar-refractivity contribution is 7.97. The molecule has 2 aromatic carbocycles. The molecule has 0 unspecified atom stereocenters. The van der Waals surface area contributed by atoms with Gasteiger partial charge in [0.1, 0.15) is 11.4 Å². The Bertz CT molecular complexity index is 1090. The number of hydrogen-bond acceptors (Lipinski definition) is 4. The van der Waals surface area contributed by atoms with E-state index in [1.54, 1.807) is 11.9 Å². The van der Waals surface area contributed by atoms with Gasteiger partial charge in [0, 0.05) is 37.3 Å². The third kappa shape index (κ3) is 4.50. The van der Waals surface area contributed by atoms with Crippen LogP contribution in [-0.2, 0) is 26.7 Å². The first-order valence-electron chi connectivity index (χ1n) is 10.8. The van der Waals surface area contributed by atoms with Crippen LogP contribution in [0.3, 0.4) is 0 Å². The van der Waals surface area contributed by atoms with Crippen molar-refractivity contribution in [3.05, 3.63) is 82.7 Å². The quantitative estimate of drug-likeness (QED) is 0.542. The zero-order valence-corrected chi connectivity index (χ0v) is 18.7. The third-order valence-electron chi connectivity index (χ3n) is 5.94. The number of ether oxygens (including phenoxy) is 1. The highest BCUT2D eigenvalue weighted by Gasteiger charge is 2.24. The molecule has 1 aromatic heterocycles. The molecular weight excluding hydrogens is 406 g/mol. The number of benzene rings is 2. The van der Waals surface area contributed by atoms with E-state index in [-0.39, 0.29) is 5.91 Å². The molecule has 1 aliphatic heterocycles. The lowest BCUT2D eigenvalue weighted by Crippen LogP contribution is -2.25. The number of amides is 1. The molecule has 6 heteroatoms. The fraction of sp³-hybridized carbons (Fsp3) is 0.320. The molecule has 1 aliphatic carbocycles. The molecule has 31 heavy (non-hydrogen) atoms. The van der Waals surface area contributed by atoms with Gasteiger partial charge < -0.3 is 14.6 Å². The molecule has 0 radical (unpaired) electrons. The Hall–Kier alpha value is -2.70. The Balaban J connectivity index is 1.23. The number of rotatable bonds is 7. The number of nitrogens with zero attached hydrogens (tertiary/aromatic N) is 2. The maximum Gasteiger partial charge on any atom is 0.268 e. The molecule has 1 N–H and O–H groups in total. The van der Waals surface area contributed by atoms with Crippen molar-refractivity contribution in [3.63, 3.8) is 0 Å². The lowest BCUT2D eigenvalue weighted by atomic mass is 10.1. The highest BCUT2D eigenvalue weighted by atomic mass is 32.2. The van der Waals surface area contributed by atoms with Crippen LogP contribution in [0.2, 0.25) is 0 Å². The average Bonchev–Trinajstić information content (AvgIpc) is 3.42.